The molecule has 8 nitrogen and oxygen atoms in total. The van der Waals surface area contributed by atoms with Crippen LogP contribution in [0.3, 0.4) is 0 Å². The predicted octanol–water partition coefficient (Wildman–Crippen LogP) is 4.69. The number of aliphatic hydroxyl groups excluding tert-OH is 2. The van der Waals surface area contributed by atoms with E-state index in [9.17, 15) is 39.6 Å². The van der Waals surface area contributed by atoms with Gasteiger partial charge >= 0.3 is 0 Å². The van der Waals surface area contributed by atoms with Gasteiger partial charge in [-0.1, -0.05) is 48.5 Å². The Morgan fingerprint density at radius 2 is 1.59 bits per heavy atom. The van der Waals surface area contributed by atoms with E-state index >= 15 is 0 Å². The van der Waals surface area contributed by atoms with Crippen LogP contribution in [0.25, 0.3) is 5.76 Å². The summed E-state index contributed by atoms with van der Waals surface area (Å²) in [5.74, 6) is -5.97. The van der Waals surface area contributed by atoms with Crippen LogP contribution in [0.2, 0.25) is 0 Å². The smallest absolute Gasteiger partial charge is 0.203 e. The molecule has 0 aliphatic heterocycles. The number of carbonyl (C=O) groups excluding carboxylic acids is 4. The highest BCUT2D eigenvalue weighted by atomic mass is 16.3. The number of benzene rings is 1. The molecule has 1 fully saturated rings. The molecule has 3 aliphatic rings. The van der Waals surface area contributed by atoms with Gasteiger partial charge in [-0.05, 0) is 49.7 Å². The molecule has 210 valence electrons. The zero-order valence-corrected chi connectivity index (χ0v) is 24.1. The number of Topliss-reactive ketones (excluding diaryl/α,β-unsaturated/α-hetero) is 4. The van der Waals surface area contributed by atoms with Crippen molar-refractivity contribution in [1.29, 1.82) is 0 Å². The van der Waals surface area contributed by atoms with E-state index in [1.54, 1.807) is 33.8 Å². The molecule has 4 rings (SSSR count). The summed E-state index contributed by atoms with van der Waals surface area (Å²) in [6, 6.07) is 1.62. The highest BCUT2D eigenvalue weighted by Gasteiger charge is 2.72. The van der Waals surface area contributed by atoms with E-state index < -0.39 is 68.1 Å². The SMILES string of the molecule is CC(=O)C1=C(O)[C@]2(O)C(=O)C3=C(O)c4c(O)c(C(C)(C)C)cc(C(C)=O)c4C[C@]3(C)C[C@]2(C)C(C(C)C)C1=O. The quantitative estimate of drug-likeness (QED) is 0.320. The average Bonchev–Trinajstić information content (AvgIpc) is 2.74. The molecule has 0 bridgehead atoms. The number of aromatic hydroxyl groups is 1. The molecular weight excluding hydrogens is 500 g/mol. The number of phenolic OH excluding ortho intramolecular Hbond substituents is 1. The van der Waals surface area contributed by atoms with Crippen LogP contribution < -0.4 is 0 Å². The van der Waals surface area contributed by atoms with Gasteiger partial charge in [0.15, 0.2) is 23.0 Å². The van der Waals surface area contributed by atoms with Gasteiger partial charge in [-0.25, -0.2) is 0 Å². The predicted molar refractivity (Wildman–Crippen MR) is 145 cm³/mol. The van der Waals surface area contributed by atoms with Crippen molar-refractivity contribution >= 4 is 28.9 Å². The van der Waals surface area contributed by atoms with E-state index in [2.05, 4.69) is 0 Å². The van der Waals surface area contributed by atoms with E-state index in [1.807, 2.05) is 20.8 Å². The van der Waals surface area contributed by atoms with Gasteiger partial charge in [-0.3, -0.25) is 19.2 Å². The third-order valence-corrected chi connectivity index (χ3v) is 9.19. The van der Waals surface area contributed by atoms with Crippen molar-refractivity contribution in [2.24, 2.45) is 22.7 Å². The van der Waals surface area contributed by atoms with Crippen molar-refractivity contribution in [3.63, 3.8) is 0 Å². The van der Waals surface area contributed by atoms with Crippen LogP contribution in [0.5, 0.6) is 5.75 Å². The van der Waals surface area contributed by atoms with Crippen LogP contribution in [0.1, 0.15) is 95.8 Å². The number of hydrogen-bond donors (Lipinski definition) is 4. The first-order valence-electron chi connectivity index (χ1n) is 13.3. The summed E-state index contributed by atoms with van der Waals surface area (Å²) in [5, 5.41) is 46.4. The lowest BCUT2D eigenvalue weighted by Crippen LogP contribution is -2.69. The van der Waals surface area contributed by atoms with Crippen molar-refractivity contribution in [1.82, 2.24) is 0 Å². The Morgan fingerprint density at radius 1 is 1.03 bits per heavy atom. The number of ketones is 4. The van der Waals surface area contributed by atoms with Gasteiger partial charge in [-0.15, -0.1) is 0 Å². The molecule has 0 spiro atoms. The zero-order valence-electron chi connectivity index (χ0n) is 24.1. The fourth-order valence-electron chi connectivity index (χ4n) is 7.67. The molecule has 1 aromatic rings. The largest absolute Gasteiger partial charge is 0.508 e. The van der Waals surface area contributed by atoms with Crippen molar-refractivity contribution in [3.8, 4) is 5.75 Å². The Kier molecular flexibility index (Phi) is 6.17. The van der Waals surface area contributed by atoms with E-state index in [4.69, 9.17) is 0 Å². The third kappa shape index (κ3) is 3.53. The number of fused-ring (bicyclic) bond motifs is 3. The molecule has 0 aromatic heterocycles. The maximum absolute atomic E-state index is 14.4. The van der Waals surface area contributed by atoms with E-state index in [0.717, 1.165) is 6.92 Å². The molecular formula is C31H38O8. The van der Waals surface area contributed by atoms with Gasteiger partial charge in [0.25, 0.3) is 0 Å². The van der Waals surface area contributed by atoms with Gasteiger partial charge in [-0.2, -0.15) is 0 Å². The van der Waals surface area contributed by atoms with Gasteiger partial charge in [0.05, 0.1) is 5.56 Å². The fourth-order valence-corrected chi connectivity index (χ4v) is 7.67. The summed E-state index contributed by atoms with van der Waals surface area (Å²) < 4.78 is 0. The molecule has 0 heterocycles. The maximum Gasteiger partial charge on any atom is 0.203 e. The van der Waals surface area contributed by atoms with E-state index in [0.29, 0.717) is 16.7 Å². The van der Waals surface area contributed by atoms with Gasteiger partial charge in [0.1, 0.15) is 22.8 Å². The molecule has 0 saturated heterocycles. The summed E-state index contributed by atoms with van der Waals surface area (Å²) in [6.45, 7) is 14.8. The third-order valence-electron chi connectivity index (χ3n) is 9.19. The maximum atomic E-state index is 14.4. The Morgan fingerprint density at radius 3 is 2.05 bits per heavy atom. The Hall–Kier alpha value is -3.26. The standard InChI is InChI=1S/C31H38O8/c1-13(2)21-24(35)19(15(4)33)26(37)31(39)27(38)22-25(36)20-17(11-29(22,8)12-30(21,31)9)16(14(3)32)10-18(23(20)34)28(5,6)7/h10,13,21,34,36-37,39H,11-12H2,1-9H3/t21?,29-,30-,31+/m1/s1. The molecule has 39 heavy (non-hydrogen) atoms. The molecule has 1 unspecified atom stereocenters. The molecule has 4 atom stereocenters. The summed E-state index contributed by atoms with van der Waals surface area (Å²) in [5.41, 5.74) is -5.79. The number of hydrogen-bond acceptors (Lipinski definition) is 8. The van der Waals surface area contributed by atoms with Crippen LogP contribution in [0.15, 0.2) is 23.0 Å². The molecule has 3 aliphatic carbocycles. The summed E-state index contributed by atoms with van der Waals surface area (Å²) in [4.78, 5) is 53.2. The number of phenols is 1. The molecule has 1 saturated carbocycles. The number of aliphatic hydroxyl groups is 3. The van der Waals surface area contributed by atoms with Crippen molar-refractivity contribution < 1.29 is 39.6 Å². The number of rotatable bonds is 3. The minimum Gasteiger partial charge on any atom is -0.508 e. The van der Waals surface area contributed by atoms with Crippen molar-refractivity contribution in [2.75, 3.05) is 0 Å². The summed E-state index contributed by atoms with van der Waals surface area (Å²) >= 11 is 0. The van der Waals surface area contributed by atoms with Crippen LogP contribution in [0.4, 0.5) is 0 Å². The number of allylic oxidation sites excluding steroid dienone is 1. The summed E-state index contributed by atoms with van der Waals surface area (Å²) in [6.07, 6.45) is 0.0408. The lowest BCUT2D eigenvalue weighted by molar-refractivity contribution is -0.178. The zero-order chi connectivity index (χ0) is 29.8. The minimum absolute atomic E-state index is 0.0238. The minimum atomic E-state index is -2.67. The molecule has 1 aromatic carbocycles. The Balaban J connectivity index is 2.14. The molecule has 4 N–H and O–H groups in total. The van der Waals surface area contributed by atoms with Gasteiger partial charge < -0.3 is 20.4 Å². The second-order valence-corrected chi connectivity index (χ2v) is 13.4. The lowest BCUT2D eigenvalue weighted by atomic mass is 9.43. The van der Waals surface area contributed by atoms with Crippen molar-refractivity contribution in [3.05, 3.63) is 45.2 Å². The monoisotopic (exact) mass is 538 g/mol. The van der Waals surface area contributed by atoms with E-state index in [-0.39, 0.29) is 35.5 Å². The second kappa shape index (κ2) is 8.37. The first-order chi connectivity index (χ1) is 17.7. The van der Waals surface area contributed by atoms with Crippen LogP contribution in [-0.2, 0) is 26.2 Å². The normalized spacial score (nSPS) is 30.8. The van der Waals surface area contributed by atoms with Crippen LogP contribution in [0, 0.1) is 22.7 Å². The average molecular weight is 539 g/mol. The molecule has 8 heteroatoms. The number of carbonyl (C=O) groups is 4. The molecule has 0 radical (unpaired) electrons. The second-order valence-electron chi connectivity index (χ2n) is 13.4. The van der Waals surface area contributed by atoms with Gasteiger partial charge in [0.2, 0.25) is 5.78 Å². The van der Waals surface area contributed by atoms with Crippen LogP contribution >= 0.6 is 0 Å². The lowest BCUT2D eigenvalue weighted by Gasteiger charge is -2.59. The summed E-state index contributed by atoms with van der Waals surface area (Å²) in [7, 11) is 0. The topological polar surface area (TPSA) is 149 Å². The van der Waals surface area contributed by atoms with Crippen molar-refractivity contribution in [2.45, 2.75) is 86.2 Å². The first kappa shape index (κ1) is 28.7. The Bertz CT molecular complexity index is 1440. The van der Waals surface area contributed by atoms with Gasteiger partial charge in [0, 0.05) is 33.4 Å². The Labute approximate surface area is 228 Å². The highest BCUT2D eigenvalue weighted by molar-refractivity contribution is 6.24. The first-order valence-corrected chi connectivity index (χ1v) is 13.3. The van der Waals surface area contributed by atoms with E-state index in [1.165, 1.54) is 6.92 Å². The molecule has 0 amide bonds. The fraction of sp³-hybridized carbons (Fsp3) is 0.548. The van der Waals surface area contributed by atoms with Crippen LogP contribution in [-0.4, -0.2) is 49.2 Å². The highest BCUT2D eigenvalue weighted by Crippen LogP contribution is 2.65.